The van der Waals surface area contributed by atoms with Crippen LogP contribution in [-0.2, 0) is 14.8 Å². The van der Waals surface area contributed by atoms with Gasteiger partial charge >= 0.3 is 5.97 Å². The Kier molecular flexibility index (Phi) is 5.66. The zero-order chi connectivity index (χ0) is 15.3. The minimum absolute atomic E-state index is 0.0626. The van der Waals surface area contributed by atoms with Gasteiger partial charge in [-0.05, 0) is 12.5 Å². The van der Waals surface area contributed by atoms with E-state index in [1.165, 1.54) is 12.4 Å². The lowest BCUT2D eigenvalue weighted by Gasteiger charge is -2.15. The van der Waals surface area contributed by atoms with Crippen molar-refractivity contribution in [3.8, 4) is 0 Å². The number of carbonyl (C=O) groups is 2. The molecule has 20 heavy (non-hydrogen) atoms. The first-order chi connectivity index (χ1) is 9.28. The number of likely N-dealkylation sites (N-methyl/N-ethyl adjacent to an activating group) is 1. The van der Waals surface area contributed by atoms with Crippen LogP contribution >= 0.6 is 11.3 Å². The third kappa shape index (κ3) is 4.02. The van der Waals surface area contributed by atoms with E-state index in [1.807, 2.05) is 6.92 Å². The number of nitrogens with zero attached hydrogens (tertiary/aromatic N) is 1. The van der Waals surface area contributed by atoms with Crippen LogP contribution in [0.5, 0.6) is 0 Å². The van der Waals surface area contributed by atoms with Gasteiger partial charge in [0.15, 0.2) is 0 Å². The van der Waals surface area contributed by atoms with E-state index in [0.29, 0.717) is 6.54 Å². The van der Waals surface area contributed by atoms with Crippen LogP contribution < -0.4 is 5.32 Å². The fraction of sp³-hybridized carbons (Fsp3) is 0.455. The van der Waals surface area contributed by atoms with Crippen molar-refractivity contribution < 1.29 is 23.1 Å². The Bertz CT molecular complexity index is 594. The summed E-state index contributed by atoms with van der Waals surface area (Å²) in [5.41, 5.74) is 0. The molecule has 112 valence electrons. The second kappa shape index (κ2) is 6.82. The predicted octanol–water partition coefficient (Wildman–Crippen LogP) is 0.593. The van der Waals surface area contributed by atoms with Gasteiger partial charge in [-0.3, -0.25) is 4.79 Å². The minimum atomic E-state index is -3.85. The summed E-state index contributed by atoms with van der Waals surface area (Å²) in [6.07, 6.45) is 0.759. The second-order valence-electron chi connectivity index (χ2n) is 4.06. The molecule has 7 nitrogen and oxygen atoms in total. The Hall–Kier alpha value is -1.45. The smallest absolute Gasteiger partial charge is 0.345 e. The summed E-state index contributed by atoms with van der Waals surface area (Å²) < 4.78 is 25.2. The van der Waals surface area contributed by atoms with Crippen molar-refractivity contribution in [3.05, 3.63) is 16.3 Å². The standard InChI is InChI=1S/C11H16N2O5S2/c1-3-4-12-10(14)6-13(2)20(17,18)8-5-9(11(15)16)19-7-8/h5,7H,3-4,6H2,1-2H3,(H,12,14)(H,15,16). The molecule has 2 N–H and O–H groups in total. The molecule has 9 heteroatoms. The number of carboxylic acids is 1. The number of hydrogen-bond acceptors (Lipinski definition) is 5. The van der Waals surface area contributed by atoms with Crippen molar-refractivity contribution in [2.75, 3.05) is 20.1 Å². The largest absolute Gasteiger partial charge is 0.477 e. The molecule has 0 spiro atoms. The number of carboxylic acid groups (broad SMARTS) is 1. The number of aromatic carboxylic acids is 1. The molecule has 0 saturated heterocycles. The molecular weight excluding hydrogens is 304 g/mol. The molecule has 0 aliphatic heterocycles. The highest BCUT2D eigenvalue weighted by Gasteiger charge is 2.25. The Labute approximate surface area is 121 Å². The van der Waals surface area contributed by atoms with Gasteiger partial charge in [-0.25, -0.2) is 13.2 Å². The number of thiophene rings is 1. The maximum atomic E-state index is 12.1. The van der Waals surface area contributed by atoms with Crippen molar-refractivity contribution in [3.63, 3.8) is 0 Å². The number of rotatable bonds is 7. The summed E-state index contributed by atoms with van der Waals surface area (Å²) >= 11 is 0.829. The van der Waals surface area contributed by atoms with Crippen LogP contribution in [0.15, 0.2) is 16.3 Å². The summed E-state index contributed by atoms with van der Waals surface area (Å²) in [6, 6.07) is 1.09. The van der Waals surface area contributed by atoms with Gasteiger partial charge in [0.2, 0.25) is 15.9 Å². The first kappa shape index (κ1) is 16.6. The number of hydrogen-bond donors (Lipinski definition) is 2. The van der Waals surface area contributed by atoms with Gasteiger partial charge in [-0.15, -0.1) is 11.3 Å². The Balaban J connectivity index is 2.81. The summed E-state index contributed by atoms with van der Waals surface area (Å²) in [6.45, 7) is 2.06. The number of nitrogens with one attached hydrogen (secondary N) is 1. The van der Waals surface area contributed by atoms with E-state index in [9.17, 15) is 18.0 Å². The molecule has 0 aromatic carbocycles. The molecule has 0 saturated carbocycles. The molecule has 0 atom stereocenters. The van der Waals surface area contributed by atoms with Gasteiger partial charge in [-0.2, -0.15) is 4.31 Å². The molecule has 0 radical (unpaired) electrons. The molecule has 0 unspecified atom stereocenters. The molecule has 1 amide bonds. The molecular formula is C11H16N2O5S2. The lowest BCUT2D eigenvalue weighted by atomic mass is 10.4. The topological polar surface area (TPSA) is 104 Å². The highest BCUT2D eigenvalue weighted by Crippen LogP contribution is 2.21. The van der Waals surface area contributed by atoms with E-state index in [0.717, 1.165) is 28.1 Å². The minimum Gasteiger partial charge on any atom is -0.477 e. The van der Waals surface area contributed by atoms with E-state index in [-0.39, 0.29) is 16.3 Å². The van der Waals surface area contributed by atoms with Gasteiger partial charge in [0.25, 0.3) is 0 Å². The average molecular weight is 320 g/mol. The third-order valence-corrected chi connectivity index (χ3v) is 5.28. The molecule has 0 fully saturated rings. The fourth-order valence-corrected chi connectivity index (χ4v) is 3.58. The summed E-state index contributed by atoms with van der Waals surface area (Å²) in [7, 11) is -2.58. The van der Waals surface area contributed by atoms with Gasteiger partial charge in [0.1, 0.15) is 4.88 Å². The maximum Gasteiger partial charge on any atom is 0.345 e. The van der Waals surface area contributed by atoms with Gasteiger partial charge < -0.3 is 10.4 Å². The van der Waals surface area contributed by atoms with E-state index >= 15 is 0 Å². The first-order valence-corrected chi connectivity index (χ1v) is 8.16. The summed E-state index contributed by atoms with van der Waals surface area (Å²) in [4.78, 5) is 22.1. The predicted molar refractivity (Wildman–Crippen MR) is 74.4 cm³/mol. The lowest BCUT2D eigenvalue weighted by Crippen LogP contribution is -2.38. The van der Waals surface area contributed by atoms with Crippen LogP contribution in [-0.4, -0.2) is 49.8 Å². The van der Waals surface area contributed by atoms with Crippen molar-refractivity contribution >= 4 is 33.2 Å². The molecule has 1 rings (SSSR count). The quantitative estimate of drug-likeness (QED) is 0.765. The third-order valence-electron chi connectivity index (χ3n) is 2.43. The van der Waals surface area contributed by atoms with E-state index in [2.05, 4.69) is 5.32 Å². The molecule has 0 bridgehead atoms. The van der Waals surface area contributed by atoms with Crippen molar-refractivity contribution in [2.45, 2.75) is 18.2 Å². The number of carbonyl (C=O) groups excluding carboxylic acids is 1. The SMILES string of the molecule is CCCNC(=O)CN(C)S(=O)(=O)c1csc(C(=O)O)c1. The highest BCUT2D eigenvalue weighted by molar-refractivity contribution is 7.89. The van der Waals surface area contributed by atoms with Crippen LogP contribution in [0.1, 0.15) is 23.0 Å². The molecule has 1 aromatic heterocycles. The summed E-state index contributed by atoms with van der Waals surface area (Å²) in [5.74, 6) is -1.58. The van der Waals surface area contributed by atoms with Crippen LogP contribution in [0.4, 0.5) is 0 Å². The zero-order valence-corrected chi connectivity index (χ0v) is 12.8. The molecule has 1 aromatic rings. The monoisotopic (exact) mass is 320 g/mol. The molecule has 0 aliphatic carbocycles. The Morgan fingerprint density at radius 3 is 2.60 bits per heavy atom. The van der Waals surface area contributed by atoms with Crippen molar-refractivity contribution in [2.24, 2.45) is 0 Å². The lowest BCUT2D eigenvalue weighted by molar-refractivity contribution is -0.121. The van der Waals surface area contributed by atoms with Crippen LogP contribution in [0.25, 0.3) is 0 Å². The van der Waals surface area contributed by atoms with Crippen molar-refractivity contribution in [1.82, 2.24) is 9.62 Å². The van der Waals surface area contributed by atoms with E-state index in [4.69, 9.17) is 5.11 Å². The fourth-order valence-electron chi connectivity index (χ4n) is 1.35. The summed E-state index contributed by atoms with van der Waals surface area (Å²) in [5, 5.41) is 12.6. The maximum absolute atomic E-state index is 12.1. The van der Waals surface area contributed by atoms with Crippen molar-refractivity contribution in [1.29, 1.82) is 0 Å². The van der Waals surface area contributed by atoms with E-state index < -0.39 is 21.9 Å². The number of sulfonamides is 1. The molecule has 0 aliphatic rings. The Morgan fingerprint density at radius 1 is 1.45 bits per heavy atom. The normalized spacial score (nSPS) is 11.6. The van der Waals surface area contributed by atoms with Crippen LogP contribution in [0.3, 0.4) is 0 Å². The number of amides is 1. The van der Waals surface area contributed by atoms with Gasteiger partial charge in [-0.1, -0.05) is 6.92 Å². The van der Waals surface area contributed by atoms with Gasteiger partial charge in [0.05, 0.1) is 11.4 Å². The zero-order valence-electron chi connectivity index (χ0n) is 11.1. The van der Waals surface area contributed by atoms with E-state index in [1.54, 1.807) is 0 Å². The second-order valence-corrected chi connectivity index (χ2v) is 7.02. The average Bonchev–Trinajstić information content (AvgIpc) is 2.86. The van der Waals surface area contributed by atoms with Gasteiger partial charge in [0, 0.05) is 19.0 Å². The molecule has 1 heterocycles. The van der Waals surface area contributed by atoms with Crippen LogP contribution in [0, 0.1) is 0 Å². The highest BCUT2D eigenvalue weighted by atomic mass is 32.2. The Morgan fingerprint density at radius 2 is 2.10 bits per heavy atom. The first-order valence-electron chi connectivity index (χ1n) is 5.84. The van der Waals surface area contributed by atoms with Crippen LogP contribution in [0.2, 0.25) is 0 Å².